The van der Waals surface area contributed by atoms with Crippen molar-refractivity contribution in [3.05, 3.63) is 23.9 Å². The Morgan fingerprint density at radius 1 is 1.50 bits per heavy atom. The summed E-state index contributed by atoms with van der Waals surface area (Å²) in [7, 11) is 0. The first-order valence-corrected chi connectivity index (χ1v) is 6.28. The van der Waals surface area contributed by atoms with E-state index in [1.807, 2.05) is 0 Å². The lowest BCUT2D eigenvalue weighted by Gasteiger charge is -2.57. The Morgan fingerprint density at radius 2 is 2.28 bits per heavy atom. The Balaban J connectivity index is 1.76. The lowest BCUT2D eigenvalue weighted by molar-refractivity contribution is -0.111. The van der Waals surface area contributed by atoms with Crippen LogP contribution in [0.5, 0.6) is 5.88 Å². The van der Waals surface area contributed by atoms with Gasteiger partial charge < -0.3 is 16.2 Å². The Bertz CT molecular complexity index is 483. The molecular formula is C13H17N3O2. The maximum Gasteiger partial charge on any atom is 0.254 e. The van der Waals surface area contributed by atoms with Crippen LogP contribution in [0.25, 0.3) is 0 Å². The number of hydrogen-bond acceptors (Lipinski definition) is 4. The van der Waals surface area contributed by atoms with Gasteiger partial charge in [0.25, 0.3) is 5.91 Å². The molecule has 4 N–H and O–H groups in total. The molecule has 5 heteroatoms. The fourth-order valence-corrected chi connectivity index (χ4v) is 3.11. The summed E-state index contributed by atoms with van der Waals surface area (Å²) in [6, 6.07) is 3.63. The van der Waals surface area contributed by atoms with E-state index < -0.39 is 5.91 Å². The summed E-state index contributed by atoms with van der Waals surface area (Å²) in [4.78, 5) is 15.4. The Kier molecular flexibility index (Phi) is 2.52. The van der Waals surface area contributed by atoms with Crippen LogP contribution in [-0.4, -0.2) is 23.0 Å². The molecule has 5 nitrogen and oxygen atoms in total. The van der Waals surface area contributed by atoms with Crippen molar-refractivity contribution >= 4 is 5.91 Å². The van der Waals surface area contributed by atoms with Crippen molar-refractivity contribution in [3.8, 4) is 5.88 Å². The predicted octanol–water partition coefficient (Wildman–Crippen LogP) is 0.829. The van der Waals surface area contributed by atoms with Gasteiger partial charge in [-0.1, -0.05) is 0 Å². The van der Waals surface area contributed by atoms with Crippen molar-refractivity contribution in [2.75, 3.05) is 0 Å². The summed E-state index contributed by atoms with van der Waals surface area (Å²) in [5.74, 6) is -0.147. The highest BCUT2D eigenvalue weighted by Crippen LogP contribution is 2.56. The van der Waals surface area contributed by atoms with Gasteiger partial charge >= 0.3 is 0 Å². The maximum atomic E-state index is 11.3. The number of nitrogens with two attached hydrogens (primary N) is 2. The number of ether oxygens (including phenoxy) is 1. The SMILES string of the molecule is NC(=O)c1cccnc1OC1CCC12CC(N)C2. The van der Waals surface area contributed by atoms with E-state index in [0.29, 0.717) is 17.5 Å². The van der Waals surface area contributed by atoms with E-state index in [1.165, 1.54) is 0 Å². The number of primary amides is 1. The van der Waals surface area contributed by atoms with Gasteiger partial charge in [-0.2, -0.15) is 0 Å². The van der Waals surface area contributed by atoms with Crippen LogP contribution in [0.4, 0.5) is 0 Å². The first-order chi connectivity index (χ1) is 8.61. The third kappa shape index (κ3) is 1.66. The van der Waals surface area contributed by atoms with E-state index in [2.05, 4.69) is 4.98 Å². The topological polar surface area (TPSA) is 91.2 Å². The van der Waals surface area contributed by atoms with Gasteiger partial charge in [0.2, 0.25) is 5.88 Å². The molecule has 1 aromatic rings. The van der Waals surface area contributed by atoms with E-state index in [4.69, 9.17) is 16.2 Å². The highest BCUT2D eigenvalue weighted by Gasteiger charge is 2.55. The highest BCUT2D eigenvalue weighted by molar-refractivity contribution is 5.94. The number of nitrogens with zero attached hydrogens (tertiary/aromatic N) is 1. The number of aromatic nitrogens is 1. The number of pyridine rings is 1. The summed E-state index contributed by atoms with van der Waals surface area (Å²) in [5.41, 5.74) is 11.7. The summed E-state index contributed by atoms with van der Waals surface area (Å²) in [6.07, 6.45) is 5.92. The zero-order valence-electron chi connectivity index (χ0n) is 10.1. The first-order valence-electron chi connectivity index (χ1n) is 6.28. The minimum Gasteiger partial charge on any atom is -0.473 e. The molecule has 0 radical (unpaired) electrons. The molecule has 0 bridgehead atoms. The van der Waals surface area contributed by atoms with Crippen LogP contribution >= 0.6 is 0 Å². The van der Waals surface area contributed by atoms with Gasteiger partial charge in [0.1, 0.15) is 11.7 Å². The molecule has 1 amide bonds. The van der Waals surface area contributed by atoms with Gasteiger partial charge in [-0.05, 0) is 37.8 Å². The minimum absolute atomic E-state index is 0.130. The number of carbonyl (C=O) groups excluding carboxylic acids is 1. The Labute approximate surface area is 106 Å². The predicted molar refractivity (Wildman–Crippen MR) is 66.0 cm³/mol. The molecule has 96 valence electrons. The molecular weight excluding hydrogens is 230 g/mol. The van der Waals surface area contributed by atoms with Gasteiger partial charge in [0.05, 0.1) is 0 Å². The lowest BCUT2D eigenvalue weighted by Crippen LogP contribution is -2.60. The Hall–Kier alpha value is -1.62. The average Bonchev–Trinajstić information content (AvgIpc) is 2.30. The molecule has 2 saturated carbocycles. The van der Waals surface area contributed by atoms with Crippen LogP contribution in [-0.2, 0) is 0 Å². The third-order valence-corrected chi connectivity index (χ3v) is 4.22. The van der Waals surface area contributed by atoms with Crippen molar-refractivity contribution in [2.45, 2.75) is 37.8 Å². The van der Waals surface area contributed by atoms with Gasteiger partial charge in [0.15, 0.2) is 0 Å². The largest absolute Gasteiger partial charge is 0.473 e. The molecule has 1 heterocycles. The van der Waals surface area contributed by atoms with Crippen LogP contribution in [0.1, 0.15) is 36.0 Å². The first kappa shape index (κ1) is 11.5. The fraction of sp³-hybridized carbons (Fsp3) is 0.538. The smallest absolute Gasteiger partial charge is 0.254 e. The summed E-state index contributed by atoms with van der Waals surface area (Å²) >= 11 is 0. The second-order valence-corrected chi connectivity index (χ2v) is 5.40. The molecule has 2 aliphatic carbocycles. The number of carbonyl (C=O) groups is 1. The van der Waals surface area contributed by atoms with Gasteiger partial charge in [-0.25, -0.2) is 4.98 Å². The molecule has 3 rings (SSSR count). The van der Waals surface area contributed by atoms with Crippen LogP contribution in [0.3, 0.4) is 0 Å². The molecule has 18 heavy (non-hydrogen) atoms. The van der Waals surface area contributed by atoms with E-state index in [-0.39, 0.29) is 11.5 Å². The van der Waals surface area contributed by atoms with E-state index in [1.54, 1.807) is 18.3 Å². The molecule has 1 spiro atoms. The molecule has 2 fully saturated rings. The average molecular weight is 247 g/mol. The second-order valence-electron chi connectivity index (χ2n) is 5.40. The summed E-state index contributed by atoms with van der Waals surface area (Å²) < 4.78 is 5.88. The van der Waals surface area contributed by atoms with Crippen molar-refractivity contribution in [2.24, 2.45) is 16.9 Å². The normalized spacial score (nSPS) is 33.6. The van der Waals surface area contributed by atoms with Crippen LogP contribution in [0, 0.1) is 5.41 Å². The number of rotatable bonds is 3. The fourth-order valence-electron chi connectivity index (χ4n) is 3.11. The van der Waals surface area contributed by atoms with Crippen molar-refractivity contribution in [1.82, 2.24) is 4.98 Å². The minimum atomic E-state index is -0.503. The molecule has 0 aromatic carbocycles. The molecule has 2 aliphatic rings. The highest BCUT2D eigenvalue weighted by atomic mass is 16.5. The number of hydrogen-bond donors (Lipinski definition) is 2. The molecule has 0 aliphatic heterocycles. The van der Waals surface area contributed by atoms with E-state index in [9.17, 15) is 4.79 Å². The molecule has 0 saturated heterocycles. The molecule has 1 unspecified atom stereocenters. The summed E-state index contributed by atoms with van der Waals surface area (Å²) in [6.45, 7) is 0. The Morgan fingerprint density at radius 3 is 2.83 bits per heavy atom. The van der Waals surface area contributed by atoms with Gasteiger partial charge in [-0.15, -0.1) is 0 Å². The van der Waals surface area contributed by atoms with Crippen LogP contribution < -0.4 is 16.2 Å². The zero-order valence-corrected chi connectivity index (χ0v) is 10.1. The van der Waals surface area contributed by atoms with Gasteiger partial charge in [-0.3, -0.25) is 4.79 Å². The van der Waals surface area contributed by atoms with E-state index >= 15 is 0 Å². The quantitative estimate of drug-likeness (QED) is 0.827. The van der Waals surface area contributed by atoms with Crippen molar-refractivity contribution in [3.63, 3.8) is 0 Å². The van der Waals surface area contributed by atoms with E-state index in [0.717, 1.165) is 25.7 Å². The lowest BCUT2D eigenvalue weighted by atomic mass is 9.52. The third-order valence-electron chi connectivity index (χ3n) is 4.22. The number of amides is 1. The summed E-state index contributed by atoms with van der Waals surface area (Å²) in [5, 5.41) is 0. The van der Waals surface area contributed by atoms with Crippen LogP contribution in [0.15, 0.2) is 18.3 Å². The maximum absolute atomic E-state index is 11.3. The zero-order chi connectivity index (χ0) is 12.8. The molecule has 1 aromatic heterocycles. The van der Waals surface area contributed by atoms with Crippen LogP contribution in [0.2, 0.25) is 0 Å². The van der Waals surface area contributed by atoms with Crippen molar-refractivity contribution in [1.29, 1.82) is 0 Å². The standard InChI is InChI=1S/C13H17N3O2/c14-8-6-13(7-8)4-3-10(13)18-12-9(11(15)17)2-1-5-16-12/h1-2,5,8,10H,3-4,6-7,14H2,(H2,15,17). The van der Waals surface area contributed by atoms with Gasteiger partial charge in [0, 0.05) is 17.7 Å². The van der Waals surface area contributed by atoms with Crippen molar-refractivity contribution < 1.29 is 9.53 Å². The molecule has 1 atom stereocenters. The second kappa shape index (κ2) is 3.95. The monoisotopic (exact) mass is 247 g/mol.